The monoisotopic (exact) mass is 293 g/mol. The fourth-order valence-electron chi connectivity index (χ4n) is 3.20. The number of rotatable bonds is 5. The standard InChI is InChI=1S/C17H24FNO2/c1-3-17(16(20)21)8-10-19(11-9-17)13(2)12-14-4-6-15(18)7-5-14/h4-7,13H,3,8-12H2,1-2H3,(H,20,21). The molecule has 1 fully saturated rings. The molecule has 1 heterocycles. The summed E-state index contributed by atoms with van der Waals surface area (Å²) in [7, 11) is 0. The second kappa shape index (κ2) is 6.56. The van der Waals surface area contributed by atoms with Gasteiger partial charge in [0.1, 0.15) is 5.82 Å². The highest BCUT2D eigenvalue weighted by atomic mass is 19.1. The highest BCUT2D eigenvalue weighted by Gasteiger charge is 2.40. The van der Waals surface area contributed by atoms with Crippen molar-refractivity contribution < 1.29 is 14.3 Å². The third-order valence-corrected chi connectivity index (χ3v) is 4.95. The number of carboxylic acid groups (broad SMARTS) is 1. The van der Waals surface area contributed by atoms with Gasteiger partial charge in [-0.15, -0.1) is 0 Å². The Morgan fingerprint density at radius 3 is 2.38 bits per heavy atom. The first-order valence-electron chi connectivity index (χ1n) is 7.69. The molecule has 21 heavy (non-hydrogen) atoms. The van der Waals surface area contributed by atoms with E-state index in [9.17, 15) is 14.3 Å². The average Bonchev–Trinajstić information content (AvgIpc) is 2.49. The largest absolute Gasteiger partial charge is 0.481 e. The first-order valence-corrected chi connectivity index (χ1v) is 7.69. The van der Waals surface area contributed by atoms with Crippen LogP contribution in [-0.2, 0) is 11.2 Å². The van der Waals surface area contributed by atoms with E-state index >= 15 is 0 Å². The summed E-state index contributed by atoms with van der Waals surface area (Å²) >= 11 is 0. The minimum atomic E-state index is -0.657. The summed E-state index contributed by atoms with van der Waals surface area (Å²) in [5.41, 5.74) is 0.584. The Bertz CT molecular complexity index is 478. The molecule has 1 saturated heterocycles. The molecular weight excluding hydrogens is 269 g/mol. The summed E-state index contributed by atoms with van der Waals surface area (Å²) in [5.74, 6) is -0.866. The number of likely N-dealkylation sites (tertiary alicyclic amines) is 1. The number of aliphatic carboxylic acids is 1. The van der Waals surface area contributed by atoms with Crippen molar-refractivity contribution >= 4 is 5.97 Å². The molecule has 4 heteroatoms. The number of halogens is 1. The van der Waals surface area contributed by atoms with Crippen LogP contribution in [0.2, 0.25) is 0 Å². The van der Waals surface area contributed by atoms with Crippen molar-refractivity contribution in [1.29, 1.82) is 0 Å². The fourth-order valence-corrected chi connectivity index (χ4v) is 3.20. The van der Waals surface area contributed by atoms with Crippen LogP contribution in [0, 0.1) is 11.2 Å². The molecule has 116 valence electrons. The van der Waals surface area contributed by atoms with Crippen LogP contribution in [0.4, 0.5) is 4.39 Å². The van der Waals surface area contributed by atoms with Gasteiger partial charge in [-0.3, -0.25) is 4.79 Å². The van der Waals surface area contributed by atoms with Crippen molar-refractivity contribution in [3.8, 4) is 0 Å². The van der Waals surface area contributed by atoms with E-state index in [1.807, 2.05) is 19.1 Å². The summed E-state index contributed by atoms with van der Waals surface area (Å²) in [5, 5.41) is 9.42. The Labute approximate surface area is 125 Å². The number of nitrogens with zero attached hydrogens (tertiary/aromatic N) is 1. The van der Waals surface area contributed by atoms with Crippen LogP contribution >= 0.6 is 0 Å². The molecule has 1 aliphatic rings. The minimum Gasteiger partial charge on any atom is -0.481 e. The van der Waals surface area contributed by atoms with Crippen molar-refractivity contribution in [2.75, 3.05) is 13.1 Å². The highest BCUT2D eigenvalue weighted by Crippen LogP contribution is 2.35. The van der Waals surface area contributed by atoms with Gasteiger partial charge in [-0.1, -0.05) is 19.1 Å². The van der Waals surface area contributed by atoms with Gasteiger partial charge in [-0.05, 0) is 63.4 Å². The van der Waals surface area contributed by atoms with Crippen LogP contribution in [0.15, 0.2) is 24.3 Å². The number of carboxylic acids is 1. The minimum absolute atomic E-state index is 0.210. The third kappa shape index (κ3) is 3.62. The first kappa shape index (κ1) is 16.0. The van der Waals surface area contributed by atoms with E-state index in [1.165, 1.54) is 12.1 Å². The maximum atomic E-state index is 12.9. The van der Waals surface area contributed by atoms with Gasteiger partial charge in [0.2, 0.25) is 0 Å². The predicted molar refractivity (Wildman–Crippen MR) is 80.7 cm³/mol. The molecule has 0 amide bonds. The van der Waals surface area contributed by atoms with Crippen molar-refractivity contribution in [2.24, 2.45) is 5.41 Å². The zero-order valence-electron chi connectivity index (χ0n) is 12.8. The van der Waals surface area contributed by atoms with Gasteiger partial charge in [-0.25, -0.2) is 4.39 Å². The Hall–Kier alpha value is -1.42. The van der Waals surface area contributed by atoms with Crippen molar-refractivity contribution in [1.82, 2.24) is 4.90 Å². The number of piperidine rings is 1. The number of hydrogen-bond donors (Lipinski definition) is 1. The van der Waals surface area contributed by atoms with Gasteiger partial charge < -0.3 is 10.0 Å². The summed E-state index contributed by atoms with van der Waals surface area (Å²) < 4.78 is 12.9. The molecule has 1 aromatic rings. The lowest BCUT2D eigenvalue weighted by Crippen LogP contribution is -2.47. The van der Waals surface area contributed by atoms with Crippen LogP contribution in [0.3, 0.4) is 0 Å². The molecule has 0 aromatic heterocycles. The summed E-state index contributed by atoms with van der Waals surface area (Å²) in [6.07, 6.45) is 2.99. The van der Waals surface area contributed by atoms with Crippen LogP contribution < -0.4 is 0 Å². The normalized spacial score (nSPS) is 20.1. The molecule has 0 radical (unpaired) electrons. The smallest absolute Gasteiger partial charge is 0.309 e. The van der Waals surface area contributed by atoms with Crippen molar-refractivity contribution in [3.63, 3.8) is 0 Å². The van der Waals surface area contributed by atoms with Gasteiger partial charge in [0, 0.05) is 6.04 Å². The molecule has 2 rings (SSSR count). The molecule has 1 unspecified atom stereocenters. The average molecular weight is 293 g/mol. The van der Waals surface area contributed by atoms with E-state index in [0.717, 1.165) is 25.1 Å². The van der Waals surface area contributed by atoms with E-state index in [1.54, 1.807) is 0 Å². The Morgan fingerprint density at radius 1 is 1.33 bits per heavy atom. The predicted octanol–water partition coefficient (Wildman–Crippen LogP) is 3.33. The van der Waals surface area contributed by atoms with E-state index < -0.39 is 11.4 Å². The Kier molecular flexibility index (Phi) is 4.99. The molecule has 1 aliphatic heterocycles. The molecular formula is C17H24FNO2. The van der Waals surface area contributed by atoms with Crippen LogP contribution in [-0.4, -0.2) is 35.1 Å². The summed E-state index contributed by atoms with van der Waals surface area (Å²) in [6.45, 7) is 5.76. The molecule has 0 spiro atoms. The zero-order valence-corrected chi connectivity index (χ0v) is 12.8. The molecule has 1 atom stereocenters. The van der Waals surface area contributed by atoms with Crippen LogP contribution in [0.1, 0.15) is 38.7 Å². The first-order chi connectivity index (χ1) is 9.97. The Balaban J connectivity index is 1.92. The maximum absolute atomic E-state index is 12.9. The number of hydrogen-bond acceptors (Lipinski definition) is 2. The fraction of sp³-hybridized carbons (Fsp3) is 0.588. The summed E-state index contributed by atoms with van der Waals surface area (Å²) in [6, 6.07) is 6.97. The highest BCUT2D eigenvalue weighted by molar-refractivity contribution is 5.74. The summed E-state index contributed by atoms with van der Waals surface area (Å²) in [4.78, 5) is 13.8. The molecule has 0 aliphatic carbocycles. The topological polar surface area (TPSA) is 40.5 Å². The lowest BCUT2D eigenvalue weighted by Gasteiger charge is -2.41. The molecule has 1 N–H and O–H groups in total. The van der Waals surface area contributed by atoms with Gasteiger partial charge in [-0.2, -0.15) is 0 Å². The zero-order chi connectivity index (χ0) is 15.5. The number of benzene rings is 1. The second-order valence-electron chi connectivity index (χ2n) is 6.15. The lowest BCUT2D eigenvalue weighted by atomic mass is 9.76. The molecule has 3 nitrogen and oxygen atoms in total. The molecule has 0 saturated carbocycles. The quantitative estimate of drug-likeness (QED) is 0.905. The SMILES string of the molecule is CCC1(C(=O)O)CCN(C(C)Cc2ccc(F)cc2)CC1. The Morgan fingerprint density at radius 2 is 1.90 bits per heavy atom. The van der Waals surface area contributed by atoms with E-state index in [-0.39, 0.29) is 5.82 Å². The van der Waals surface area contributed by atoms with E-state index in [0.29, 0.717) is 25.3 Å². The van der Waals surface area contributed by atoms with Gasteiger partial charge >= 0.3 is 5.97 Å². The van der Waals surface area contributed by atoms with Gasteiger partial charge in [0.15, 0.2) is 0 Å². The molecule has 0 bridgehead atoms. The van der Waals surface area contributed by atoms with E-state index in [2.05, 4.69) is 11.8 Å². The van der Waals surface area contributed by atoms with E-state index in [4.69, 9.17) is 0 Å². The van der Waals surface area contributed by atoms with Crippen molar-refractivity contribution in [2.45, 2.75) is 45.6 Å². The lowest BCUT2D eigenvalue weighted by molar-refractivity contribution is -0.152. The second-order valence-corrected chi connectivity index (χ2v) is 6.15. The van der Waals surface area contributed by atoms with Crippen molar-refractivity contribution in [3.05, 3.63) is 35.6 Å². The molecule has 1 aromatic carbocycles. The maximum Gasteiger partial charge on any atom is 0.309 e. The van der Waals surface area contributed by atoms with Gasteiger partial charge in [0.25, 0.3) is 0 Å². The number of carbonyl (C=O) groups is 1. The van der Waals surface area contributed by atoms with Crippen LogP contribution in [0.5, 0.6) is 0 Å². The third-order valence-electron chi connectivity index (χ3n) is 4.95. The van der Waals surface area contributed by atoms with Crippen LogP contribution in [0.25, 0.3) is 0 Å². The van der Waals surface area contributed by atoms with Gasteiger partial charge in [0.05, 0.1) is 5.41 Å².